The van der Waals surface area contributed by atoms with Crippen LogP contribution in [0.4, 0.5) is 0 Å². The molecule has 1 aromatic rings. The first-order valence-electron chi connectivity index (χ1n) is 5.60. The van der Waals surface area contributed by atoms with Gasteiger partial charge in [0.25, 0.3) is 0 Å². The van der Waals surface area contributed by atoms with E-state index in [0.29, 0.717) is 6.54 Å². The predicted molar refractivity (Wildman–Crippen MR) is 70.4 cm³/mol. The molecule has 0 saturated heterocycles. The van der Waals surface area contributed by atoms with Gasteiger partial charge >= 0.3 is 0 Å². The van der Waals surface area contributed by atoms with Crippen molar-refractivity contribution in [1.29, 1.82) is 0 Å². The lowest BCUT2D eigenvalue weighted by molar-refractivity contribution is -0.107. The number of rotatable bonds is 4. The van der Waals surface area contributed by atoms with Crippen LogP contribution < -0.4 is 11.1 Å². The molecule has 1 aromatic carbocycles. The molecule has 3 heteroatoms. The molecule has 0 amide bonds. The van der Waals surface area contributed by atoms with E-state index in [1.807, 2.05) is 26.0 Å². The minimum atomic E-state index is 0.425. The number of carbonyl (C=O) groups excluding carboxylic acids is 1. The van der Waals surface area contributed by atoms with E-state index in [1.165, 1.54) is 18.2 Å². The van der Waals surface area contributed by atoms with E-state index < -0.39 is 0 Å². The molecule has 0 aliphatic heterocycles. The van der Waals surface area contributed by atoms with Crippen molar-refractivity contribution in [2.45, 2.75) is 27.3 Å². The van der Waals surface area contributed by atoms with Gasteiger partial charge in [0.1, 0.15) is 6.29 Å². The Balaban J connectivity index is 0. The van der Waals surface area contributed by atoms with E-state index in [9.17, 15) is 4.79 Å². The van der Waals surface area contributed by atoms with E-state index in [1.54, 1.807) is 0 Å². The van der Waals surface area contributed by atoms with Gasteiger partial charge in [-0.2, -0.15) is 0 Å². The summed E-state index contributed by atoms with van der Waals surface area (Å²) in [5.74, 6) is 0. The topological polar surface area (TPSA) is 55.1 Å². The number of nitrogens with one attached hydrogen (secondary N) is 1. The molecule has 92 valence electrons. The Morgan fingerprint density at radius 1 is 1.31 bits per heavy atom. The Kier molecular flexibility index (Phi) is 14.9. The van der Waals surface area contributed by atoms with Crippen LogP contribution in [0, 0.1) is 6.92 Å². The lowest BCUT2D eigenvalue weighted by atomic mass is 10.1. The fraction of sp³-hybridized carbons (Fsp3) is 0.462. The predicted octanol–water partition coefficient (Wildman–Crippen LogP) is 1.88. The highest BCUT2D eigenvalue weighted by molar-refractivity contribution is 5.51. The number of hydrogen-bond acceptors (Lipinski definition) is 3. The smallest absolute Gasteiger partial charge is 0.133 e. The van der Waals surface area contributed by atoms with E-state index in [0.717, 1.165) is 12.8 Å². The number of hydrogen-bond donors (Lipinski definition) is 2. The van der Waals surface area contributed by atoms with Crippen LogP contribution in [-0.2, 0) is 11.3 Å². The van der Waals surface area contributed by atoms with Gasteiger partial charge in [-0.15, -0.1) is 0 Å². The maximum absolute atomic E-state index is 10.00. The maximum Gasteiger partial charge on any atom is 0.133 e. The molecule has 0 saturated carbocycles. The maximum atomic E-state index is 10.00. The van der Waals surface area contributed by atoms with Crippen LogP contribution >= 0.6 is 0 Å². The van der Waals surface area contributed by atoms with Gasteiger partial charge in [-0.25, -0.2) is 0 Å². The highest BCUT2D eigenvalue weighted by Crippen LogP contribution is 2.02. The van der Waals surface area contributed by atoms with E-state index in [2.05, 4.69) is 30.1 Å². The third kappa shape index (κ3) is 9.37. The van der Waals surface area contributed by atoms with Crippen molar-refractivity contribution in [2.24, 2.45) is 5.73 Å². The number of aldehydes is 1. The Labute approximate surface area is 99.0 Å². The Morgan fingerprint density at radius 3 is 2.44 bits per heavy atom. The molecule has 0 radical (unpaired) electrons. The summed E-state index contributed by atoms with van der Waals surface area (Å²) in [4.78, 5) is 10.00. The zero-order valence-corrected chi connectivity index (χ0v) is 10.8. The number of carbonyl (C=O) groups is 1. The second kappa shape index (κ2) is 13.8. The molecule has 0 heterocycles. The summed E-state index contributed by atoms with van der Waals surface area (Å²) in [6.45, 7) is 7.25. The standard InChI is InChI=1S/C10H13NO.C2H6.CH5N/c1-9-3-2-4-10(7-9)8-11-5-6-12;2*1-2/h2-4,6-7,11H,5,8H2,1H3;1-2H3;2H2,1H3. The molecule has 0 spiro atoms. The number of benzene rings is 1. The number of nitrogens with two attached hydrogens (primary N) is 1. The van der Waals surface area contributed by atoms with Crippen LogP contribution in [0.1, 0.15) is 25.0 Å². The minimum Gasteiger partial charge on any atom is -0.333 e. The van der Waals surface area contributed by atoms with E-state index in [4.69, 9.17) is 0 Å². The van der Waals surface area contributed by atoms with Gasteiger partial charge in [0.05, 0.1) is 6.54 Å². The quantitative estimate of drug-likeness (QED) is 0.606. The Bertz CT molecular complexity index is 262. The zero-order valence-electron chi connectivity index (χ0n) is 10.8. The monoisotopic (exact) mass is 224 g/mol. The first-order valence-corrected chi connectivity index (χ1v) is 5.60. The van der Waals surface area contributed by atoms with Crippen molar-refractivity contribution in [2.75, 3.05) is 13.6 Å². The highest BCUT2D eigenvalue weighted by atomic mass is 16.1. The first kappa shape index (κ1) is 17.2. The fourth-order valence-electron chi connectivity index (χ4n) is 1.10. The molecule has 0 atom stereocenters. The van der Waals surface area contributed by atoms with Crippen LogP contribution in [-0.4, -0.2) is 19.9 Å². The Morgan fingerprint density at radius 2 is 1.94 bits per heavy atom. The third-order valence-corrected chi connectivity index (χ3v) is 1.64. The van der Waals surface area contributed by atoms with Crippen molar-refractivity contribution in [3.63, 3.8) is 0 Å². The lowest BCUT2D eigenvalue weighted by Crippen LogP contribution is -2.15. The van der Waals surface area contributed by atoms with Crippen molar-refractivity contribution >= 4 is 6.29 Å². The zero-order chi connectivity index (χ0) is 12.8. The van der Waals surface area contributed by atoms with Gasteiger partial charge in [0.15, 0.2) is 0 Å². The second-order valence-electron chi connectivity index (χ2n) is 2.79. The van der Waals surface area contributed by atoms with Gasteiger partial charge in [0, 0.05) is 6.54 Å². The summed E-state index contributed by atoms with van der Waals surface area (Å²) in [6, 6.07) is 8.24. The molecule has 0 unspecified atom stereocenters. The van der Waals surface area contributed by atoms with E-state index in [-0.39, 0.29) is 0 Å². The molecule has 0 aliphatic rings. The van der Waals surface area contributed by atoms with Gasteiger partial charge < -0.3 is 15.8 Å². The molecular weight excluding hydrogens is 200 g/mol. The molecule has 16 heavy (non-hydrogen) atoms. The summed E-state index contributed by atoms with van der Waals surface area (Å²) >= 11 is 0. The van der Waals surface area contributed by atoms with Crippen LogP contribution in [0.3, 0.4) is 0 Å². The summed E-state index contributed by atoms with van der Waals surface area (Å²) < 4.78 is 0. The van der Waals surface area contributed by atoms with Crippen LogP contribution in [0.5, 0.6) is 0 Å². The van der Waals surface area contributed by atoms with Crippen molar-refractivity contribution in [1.82, 2.24) is 5.32 Å². The van der Waals surface area contributed by atoms with Crippen molar-refractivity contribution in [3.8, 4) is 0 Å². The molecule has 0 aliphatic carbocycles. The summed E-state index contributed by atoms with van der Waals surface area (Å²) in [6.07, 6.45) is 0.871. The molecular formula is C13H24N2O. The summed E-state index contributed by atoms with van der Waals surface area (Å²) in [7, 11) is 1.50. The van der Waals surface area contributed by atoms with Gasteiger partial charge in [0.2, 0.25) is 0 Å². The first-order chi connectivity index (χ1) is 7.83. The molecule has 0 fully saturated rings. The second-order valence-corrected chi connectivity index (χ2v) is 2.79. The highest BCUT2D eigenvalue weighted by Gasteiger charge is 1.90. The summed E-state index contributed by atoms with van der Waals surface area (Å²) in [5.41, 5.74) is 6.97. The lowest BCUT2D eigenvalue weighted by Gasteiger charge is -2.01. The van der Waals surface area contributed by atoms with Gasteiger partial charge in [-0.1, -0.05) is 43.7 Å². The van der Waals surface area contributed by atoms with Gasteiger partial charge in [-0.3, -0.25) is 0 Å². The Hall–Kier alpha value is -1.19. The molecule has 0 aromatic heterocycles. The average Bonchev–Trinajstić information content (AvgIpc) is 2.35. The third-order valence-electron chi connectivity index (χ3n) is 1.64. The molecule has 0 bridgehead atoms. The van der Waals surface area contributed by atoms with Gasteiger partial charge in [-0.05, 0) is 19.5 Å². The normalized spacial score (nSPS) is 8.06. The number of aryl methyl sites for hydroxylation is 1. The minimum absolute atomic E-state index is 0.425. The van der Waals surface area contributed by atoms with Crippen molar-refractivity contribution < 1.29 is 4.79 Å². The van der Waals surface area contributed by atoms with Crippen LogP contribution in [0.25, 0.3) is 0 Å². The molecule has 3 N–H and O–H groups in total. The molecule has 3 nitrogen and oxygen atoms in total. The fourth-order valence-corrected chi connectivity index (χ4v) is 1.10. The largest absolute Gasteiger partial charge is 0.333 e. The molecule has 1 rings (SSSR count). The average molecular weight is 224 g/mol. The summed E-state index contributed by atoms with van der Waals surface area (Å²) in [5, 5.41) is 3.01. The van der Waals surface area contributed by atoms with Crippen molar-refractivity contribution in [3.05, 3.63) is 35.4 Å². The van der Waals surface area contributed by atoms with Crippen LogP contribution in [0.2, 0.25) is 0 Å². The van der Waals surface area contributed by atoms with E-state index >= 15 is 0 Å². The van der Waals surface area contributed by atoms with Crippen LogP contribution in [0.15, 0.2) is 24.3 Å². The SMILES string of the molecule is CC.CN.Cc1cccc(CNCC=O)c1.